The molecule has 10 nitrogen and oxygen atoms in total. The van der Waals surface area contributed by atoms with Gasteiger partial charge in [0.1, 0.15) is 18.0 Å². The molecule has 4 aromatic heterocycles. The van der Waals surface area contributed by atoms with E-state index in [0.29, 0.717) is 131 Å². The second kappa shape index (κ2) is 29.2. The molecule has 16 aliphatic carbocycles. The van der Waals surface area contributed by atoms with Crippen molar-refractivity contribution in [3.05, 3.63) is 191 Å². The molecule has 0 radical (unpaired) electrons. The maximum atomic E-state index is 12.0. The zero-order chi connectivity index (χ0) is 92.0. The highest BCUT2D eigenvalue weighted by molar-refractivity contribution is 5.83. The van der Waals surface area contributed by atoms with Crippen LogP contribution in [0.1, 0.15) is 296 Å². The molecule has 4 heterocycles. The first-order valence-corrected chi connectivity index (χ1v) is 42.2. The molecule has 23 atom stereocenters. The summed E-state index contributed by atoms with van der Waals surface area (Å²) in [6.45, 7) is 21.4. The maximum absolute atomic E-state index is 12.0. The van der Waals surface area contributed by atoms with Crippen molar-refractivity contribution >= 4 is 40.0 Å². The number of fused-ring (bicyclic) bond motifs is 20. The van der Waals surface area contributed by atoms with E-state index < -0.39 is 5.41 Å². The van der Waals surface area contributed by atoms with Gasteiger partial charge < -0.3 is 14.6 Å². The number of aromatic nitrogens is 4. The first-order chi connectivity index (χ1) is 60.3. The van der Waals surface area contributed by atoms with Crippen LogP contribution in [0.2, 0.25) is 0 Å². The van der Waals surface area contributed by atoms with Crippen molar-refractivity contribution in [2.75, 3.05) is 0 Å². The van der Waals surface area contributed by atoms with Gasteiger partial charge in [-0.2, -0.15) is 0 Å². The van der Waals surface area contributed by atoms with Gasteiger partial charge in [-0.25, -0.2) is 0 Å². The topological polar surface area (TPSA) is 141 Å². The number of carbonyl (C=O) groups is 3. The van der Waals surface area contributed by atoms with Crippen molar-refractivity contribution in [3.8, 4) is 0 Å². The first kappa shape index (κ1) is 57.2. The molecule has 8 fully saturated rings. The van der Waals surface area contributed by atoms with Gasteiger partial charge in [0.05, 0.1) is 30.8 Å². The molecule has 0 aliphatic heterocycles. The second-order valence-corrected chi connectivity index (χ2v) is 38.5. The summed E-state index contributed by atoms with van der Waals surface area (Å²) in [5.41, 5.74) is 10.3. The standard InChI is InChI=1S/2C26H33NO2.C24H31NO.C24H29NO/c2*1-17(28)29-20-10-12-25(2)19(15-20)6-7-21-23-9-8-22(18-5-4-14-27-16-18)26(23,3)13-11-24(21)25;2*1-23-11-9-18(26)14-17(23)5-6-19-21-8-7-20(16-4-3-13-25-15-16)24(21,2)12-10-22(19)23/h2*4-6,8,14,16,20-21,23-24H,7,9-13,15H2,1-3H3;3-5,7,13,15,18-19,21-22,26H,6,8-12,14H2,1-2H3;3-5,7,13,15,19,21-22H,6,8-12,14H2,1-2H3/t2*20-,21?,23?,24?,25-,26+;18-,19?,21?,22?,23-,24+;19?,21?,22?,23-,24+/m0000/s1/i4D,5D,6D,8D,14D,16D;4D,5D,14D,16D;2*3D,4D,13D,15D. The summed E-state index contributed by atoms with van der Waals surface area (Å²) in [7, 11) is 0. The van der Waals surface area contributed by atoms with E-state index in [1.807, 2.05) is 0 Å². The Kier molecular flexibility index (Phi) is 15.2. The van der Waals surface area contributed by atoms with Gasteiger partial charge in [0.15, 0.2) is 0 Å². The molecule has 0 spiro atoms. The number of allylic oxidation sites excluding steroid dienone is 13. The Hall–Kier alpha value is -6.91. The van der Waals surface area contributed by atoms with Crippen LogP contribution in [-0.4, -0.2) is 61.1 Å². The average molecular weight is 1500 g/mol. The van der Waals surface area contributed by atoms with Gasteiger partial charge in [-0.3, -0.25) is 34.3 Å². The van der Waals surface area contributed by atoms with E-state index in [2.05, 4.69) is 112 Å². The lowest BCUT2D eigenvalue weighted by Gasteiger charge is -2.57. The smallest absolute Gasteiger partial charge is 0.302 e. The fourth-order valence-electron chi connectivity index (χ4n) is 28.0. The fourth-order valence-corrected chi connectivity index (χ4v) is 28.0. The molecule has 16 aliphatic rings. The molecule has 20 rings (SSSR count). The quantitative estimate of drug-likeness (QED) is 0.146. The van der Waals surface area contributed by atoms with Crippen molar-refractivity contribution in [2.24, 2.45) is 114 Å². The van der Waals surface area contributed by atoms with E-state index in [1.165, 1.54) is 30.6 Å². The van der Waals surface area contributed by atoms with Crippen LogP contribution < -0.4 is 0 Å². The van der Waals surface area contributed by atoms with Crippen molar-refractivity contribution in [2.45, 2.75) is 267 Å². The Morgan fingerprint density at radius 2 is 0.727 bits per heavy atom. The molecule has 0 aromatic carbocycles. The SMILES string of the molecule is [2H]C1=C2C[C@@H](OC(C)=O)CC[C@]2(C)C2CC[C@]3(C)C(c4c([2H])nc([2H])c([2H])c4[2H])=C([2H])CC3C2C1.[2H]c1nc([2H])c(C2=CCC3C4CC=C5CC(=O)CC[C@]5(C)C4CC[C@]23C)c([2H])c1[2H].[2H]c1nc([2H])c(C2=CCC3C4CC=C5C[C@@H](O)CC[C@]5(C)C4CC[C@]23C)c([2H])c1[2H].[2H]c1nc([2H])c(C2=CCC3C4CC=C5C[C@@H](OC(C)=O)CC[C@]5(C)C4CC[C@]23C)c([2H])c1[2H]. The van der Waals surface area contributed by atoms with Crippen molar-refractivity contribution in [1.29, 1.82) is 0 Å². The predicted octanol–water partition coefficient (Wildman–Crippen LogP) is 22.9. The monoisotopic (exact) mass is 1500 g/mol. The van der Waals surface area contributed by atoms with Crippen LogP contribution in [0, 0.1) is 114 Å². The van der Waals surface area contributed by atoms with Gasteiger partial charge in [-0.05, 0) is 337 Å². The van der Waals surface area contributed by atoms with Crippen molar-refractivity contribution < 1.29 is 53.6 Å². The van der Waals surface area contributed by atoms with Crippen LogP contribution in [0.5, 0.6) is 0 Å². The minimum absolute atomic E-state index is 0.00417. The van der Waals surface area contributed by atoms with Crippen LogP contribution in [0.15, 0.2) is 169 Å². The molecular formula is C100H126N4O6. The van der Waals surface area contributed by atoms with E-state index in [1.54, 1.807) is 0 Å². The second-order valence-electron chi connectivity index (χ2n) is 38.5. The van der Waals surface area contributed by atoms with Gasteiger partial charge in [0.25, 0.3) is 0 Å². The minimum Gasteiger partial charge on any atom is -0.462 e. The van der Waals surface area contributed by atoms with E-state index >= 15 is 0 Å². The Labute approximate surface area is 683 Å². The molecule has 4 aromatic rings. The third-order valence-electron chi connectivity index (χ3n) is 33.8. The van der Waals surface area contributed by atoms with Gasteiger partial charge in [0, 0.05) is 88.9 Å². The van der Waals surface area contributed by atoms with E-state index in [-0.39, 0.29) is 183 Å². The number of hydrogen-bond donors (Lipinski definition) is 1. The molecule has 10 heteroatoms. The summed E-state index contributed by atoms with van der Waals surface area (Å²) < 4.78 is 160. The number of rotatable bonds is 6. The number of ether oxygens (including phenoxy) is 2. The summed E-state index contributed by atoms with van der Waals surface area (Å²) in [5, 5.41) is 10.2. The number of ketones is 1. The Balaban J connectivity index is 0.000000120. The summed E-state index contributed by atoms with van der Waals surface area (Å²) in [4.78, 5) is 50.8. The molecule has 110 heavy (non-hydrogen) atoms. The van der Waals surface area contributed by atoms with Gasteiger partial charge in [-0.1, -0.05) is 150 Å². The zero-order valence-corrected chi connectivity index (χ0v) is 66.7. The van der Waals surface area contributed by atoms with Crippen LogP contribution in [0.25, 0.3) is 22.3 Å². The molecule has 0 saturated heterocycles. The molecular weight excluding hydrogens is 1350 g/mol. The van der Waals surface area contributed by atoms with Gasteiger partial charge in [-0.15, -0.1) is 0 Å². The first-order valence-electron chi connectivity index (χ1n) is 51.2. The fraction of sp³-hybridized carbons (Fsp3) is 0.610. The van der Waals surface area contributed by atoms with Crippen LogP contribution in [0.3, 0.4) is 0 Å². The maximum Gasteiger partial charge on any atom is 0.302 e. The molecule has 8 saturated carbocycles. The van der Waals surface area contributed by atoms with Gasteiger partial charge >= 0.3 is 11.9 Å². The molecule has 582 valence electrons. The lowest BCUT2D eigenvalue weighted by atomic mass is 9.47. The zero-order valence-electron chi connectivity index (χ0n) is 84.7. The number of aliphatic hydroxyl groups is 1. The Morgan fingerprint density at radius 1 is 0.382 bits per heavy atom. The third kappa shape index (κ3) is 12.8. The van der Waals surface area contributed by atoms with E-state index in [4.69, 9.17) is 34.1 Å². The van der Waals surface area contributed by atoms with E-state index in [9.17, 15) is 19.5 Å². The van der Waals surface area contributed by atoms with E-state index in [0.717, 1.165) is 170 Å². The number of Topliss-reactive ketones (excluding diaryl/α,β-unsaturated/α-hetero) is 1. The highest BCUT2D eigenvalue weighted by Crippen LogP contribution is 2.72. The number of carbonyl (C=O) groups excluding carboxylic acids is 3. The number of hydrogen-bond acceptors (Lipinski definition) is 10. The summed E-state index contributed by atoms with van der Waals surface area (Å²) in [6.07, 6.45) is 37.3. The highest BCUT2D eigenvalue weighted by atomic mass is 16.5. The predicted molar refractivity (Wildman–Crippen MR) is 439 cm³/mol. The molecule has 1 N–H and O–H groups in total. The number of nitrogens with zero attached hydrogens (tertiary/aromatic N) is 4. The number of pyridine rings is 4. The number of esters is 2. The third-order valence-corrected chi connectivity index (χ3v) is 33.8. The lowest BCUT2D eigenvalue weighted by Crippen LogP contribution is -2.50. The van der Waals surface area contributed by atoms with Crippen LogP contribution >= 0.6 is 0 Å². The lowest BCUT2D eigenvalue weighted by molar-refractivity contribution is -0.149. The Morgan fingerprint density at radius 3 is 1.16 bits per heavy atom. The van der Waals surface area contributed by atoms with Gasteiger partial charge in [0.2, 0.25) is 0 Å². The summed E-state index contributed by atoms with van der Waals surface area (Å²) >= 11 is 0. The number of aliphatic hydroxyl groups excluding tert-OH is 1. The summed E-state index contributed by atoms with van der Waals surface area (Å²) in [5.74, 6) is 5.45. The minimum atomic E-state index is -0.426. The highest BCUT2D eigenvalue weighted by Gasteiger charge is 2.62. The average Bonchev–Trinajstić information content (AvgIpc) is 1.53. The molecule has 0 amide bonds. The largest absolute Gasteiger partial charge is 0.462 e. The summed E-state index contributed by atoms with van der Waals surface area (Å²) in [6, 6.07) is -0.0624. The van der Waals surface area contributed by atoms with Crippen LogP contribution in [-0.2, 0) is 23.9 Å². The Bertz CT molecular complexity index is 5580. The van der Waals surface area contributed by atoms with Crippen molar-refractivity contribution in [1.82, 2.24) is 19.9 Å². The molecule has 12 unspecified atom stereocenters. The normalized spacial score (nSPS) is 44.3. The van der Waals surface area contributed by atoms with Crippen molar-refractivity contribution in [3.63, 3.8) is 0 Å². The van der Waals surface area contributed by atoms with Crippen LogP contribution in [0.4, 0.5) is 0 Å². The molecule has 0 bridgehead atoms.